The van der Waals surface area contributed by atoms with E-state index in [1.807, 2.05) is 0 Å². The van der Waals surface area contributed by atoms with Gasteiger partial charge in [-0.3, -0.25) is 0 Å². The van der Waals surface area contributed by atoms with Crippen molar-refractivity contribution in [3.63, 3.8) is 0 Å². The highest BCUT2D eigenvalue weighted by atomic mass is 14.8. The van der Waals surface area contributed by atoms with Crippen molar-refractivity contribution in [3.8, 4) is 0 Å². The standard InChI is InChI=1S/C10H8.C4H11N/c1-2-6-10-8-4-3-7-9(10)5-1;1-3-5-4-2/h1-8H;5H,3-4H2,1-2H3. The van der Waals surface area contributed by atoms with Crippen molar-refractivity contribution in [1.29, 1.82) is 0 Å². The Labute approximate surface area is 92.1 Å². The van der Waals surface area contributed by atoms with E-state index in [0.717, 1.165) is 13.1 Å². The van der Waals surface area contributed by atoms with Gasteiger partial charge in [-0.25, -0.2) is 0 Å². The summed E-state index contributed by atoms with van der Waals surface area (Å²) in [6, 6.07) is 16.7. The number of benzene rings is 2. The molecule has 1 N–H and O–H groups in total. The van der Waals surface area contributed by atoms with Crippen LogP contribution in [0.15, 0.2) is 48.5 Å². The van der Waals surface area contributed by atoms with Crippen LogP contribution in [0, 0.1) is 0 Å². The lowest BCUT2D eigenvalue weighted by molar-refractivity contribution is 0.762. The number of hydrogen-bond acceptors (Lipinski definition) is 1. The Morgan fingerprint density at radius 1 is 0.733 bits per heavy atom. The molecule has 1 nitrogen and oxygen atoms in total. The van der Waals surface area contributed by atoms with Gasteiger partial charge in [-0.05, 0) is 23.9 Å². The highest BCUT2D eigenvalue weighted by Gasteiger charge is 1.85. The SMILES string of the molecule is CCNCC.c1ccc2ccccc2c1. The van der Waals surface area contributed by atoms with E-state index in [2.05, 4.69) is 67.7 Å². The molecule has 0 saturated carbocycles. The molecule has 0 fully saturated rings. The van der Waals surface area contributed by atoms with Crippen LogP contribution in [0.1, 0.15) is 13.8 Å². The van der Waals surface area contributed by atoms with Gasteiger partial charge in [-0.1, -0.05) is 62.4 Å². The fraction of sp³-hybridized carbons (Fsp3) is 0.286. The van der Waals surface area contributed by atoms with Crippen LogP contribution in [0.3, 0.4) is 0 Å². The van der Waals surface area contributed by atoms with Gasteiger partial charge in [-0.15, -0.1) is 0 Å². The van der Waals surface area contributed by atoms with Crippen LogP contribution >= 0.6 is 0 Å². The highest BCUT2D eigenvalue weighted by molar-refractivity contribution is 5.81. The fourth-order valence-corrected chi connectivity index (χ4v) is 1.38. The third-order valence-electron chi connectivity index (χ3n) is 2.16. The van der Waals surface area contributed by atoms with Crippen LogP contribution in [0.4, 0.5) is 0 Å². The zero-order chi connectivity index (χ0) is 10.9. The normalized spacial score (nSPS) is 9.47. The van der Waals surface area contributed by atoms with E-state index in [9.17, 15) is 0 Å². The Hall–Kier alpha value is -1.34. The molecule has 0 unspecified atom stereocenters. The van der Waals surface area contributed by atoms with E-state index in [1.54, 1.807) is 0 Å². The minimum absolute atomic E-state index is 1.09. The first-order valence-electron chi connectivity index (χ1n) is 5.53. The molecule has 0 amide bonds. The minimum Gasteiger partial charge on any atom is -0.317 e. The van der Waals surface area contributed by atoms with Crippen molar-refractivity contribution in [2.45, 2.75) is 13.8 Å². The Morgan fingerprint density at radius 2 is 1.07 bits per heavy atom. The van der Waals surface area contributed by atoms with E-state index in [4.69, 9.17) is 0 Å². The molecule has 2 aromatic rings. The third-order valence-corrected chi connectivity index (χ3v) is 2.16. The molecule has 1 heteroatoms. The molecule has 0 spiro atoms. The molecule has 15 heavy (non-hydrogen) atoms. The van der Waals surface area contributed by atoms with Crippen LogP contribution < -0.4 is 5.32 Å². The number of rotatable bonds is 2. The van der Waals surface area contributed by atoms with Gasteiger partial charge in [0.25, 0.3) is 0 Å². The summed E-state index contributed by atoms with van der Waals surface area (Å²) < 4.78 is 0. The van der Waals surface area contributed by atoms with E-state index in [1.165, 1.54) is 10.8 Å². The largest absolute Gasteiger partial charge is 0.317 e. The monoisotopic (exact) mass is 201 g/mol. The first-order valence-corrected chi connectivity index (χ1v) is 5.53. The summed E-state index contributed by atoms with van der Waals surface area (Å²) in [6.07, 6.45) is 0. The lowest BCUT2D eigenvalue weighted by Gasteiger charge is -1.92. The molecule has 80 valence electrons. The summed E-state index contributed by atoms with van der Waals surface area (Å²) in [4.78, 5) is 0. The van der Waals surface area contributed by atoms with Crippen molar-refractivity contribution < 1.29 is 0 Å². The van der Waals surface area contributed by atoms with Crippen LogP contribution in [0.25, 0.3) is 10.8 Å². The molecular formula is C14H19N. The molecule has 0 radical (unpaired) electrons. The average Bonchev–Trinajstić information content (AvgIpc) is 2.31. The smallest absolute Gasteiger partial charge is 0.00775 e. The summed E-state index contributed by atoms with van der Waals surface area (Å²) in [5.41, 5.74) is 0. The van der Waals surface area contributed by atoms with Crippen molar-refractivity contribution in [2.24, 2.45) is 0 Å². The van der Waals surface area contributed by atoms with Gasteiger partial charge < -0.3 is 5.32 Å². The summed E-state index contributed by atoms with van der Waals surface area (Å²) in [5.74, 6) is 0. The van der Waals surface area contributed by atoms with Crippen molar-refractivity contribution in [2.75, 3.05) is 13.1 Å². The Balaban J connectivity index is 0.000000195. The molecule has 0 bridgehead atoms. The van der Waals surface area contributed by atoms with Gasteiger partial charge in [-0.2, -0.15) is 0 Å². The van der Waals surface area contributed by atoms with E-state index < -0.39 is 0 Å². The lowest BCUT2D eigenvalue weighted by Crippen LogP contribution is -2.09. The zero-order valence-electron chi connectivity index (χ0n) is 9.53. The maximum atomic E-state index is 3.11. The molecule has 0 aromatic heterocycles. The van der Waals surface area contributed by atoms with Crippen LogP contribution in [0.2, 0.25) is 0 Å². The summed E-state index contributed by atoms with van der Waals surface area (Å²) >= 11 is 0. The molecule has 0 saturated heterocycles. The van der Waals surface area contributed by atoms with Crippen LogP contribution in [-0.2, 0) is 0 Å². The lowest BCUT2D eigenvalue weighted by atomic mass is 10.1. The molecule has 2 aromatic carbocycles. The van der Waals surface area contributed by atoms with Crippen molar-refractivity contribution >= 4 is 10.8 Å². The minimum atomic E-state index is 1.09. The van der Waals surface area contributed by atoms with Crippen molar-refractivity contribution in [3.05, 3.63) is 48.5 Å². The average molecular weight is 201 g/mol. The van der Waals surface area contributed by atoms with Crippen LogP contribution in [0.5, 0.6) is 0 Å². The molecule has 0 atom stereocenters. The Bertz CT molecular complexity index is 314. The van der Waals surface area contributed by atoms with Gasteiger partial charge in [0.1, 0.15) is 0 Å². The second-order valence-electron chi connectivity index (χ2n) is 3.30. The van der Waals surface area contributed by atoms with Gasteiger partial charge in [0.05, 0.1) is 0 Å². The van der Waals surface area contributed by atoms with Gasteiger partial charge in [0.2, 0.25) is 0 Å². The molecule has 0 aliphatic carbocycles. The maximum Gasteiger partial charge on any atom is -0.00775 e. The molecule has 2 rings (SSSR count). The number of hydrogen-bond donors (Lipinski definition) is 1. The number of nitrogens with one attached hydrogen (secondary N) is 1. The quantitative estimate of drug-likeness (QED) is 0.784. The van der Waals surface area contributed by atoms with Gasteiger partial charge in [0, 0.05) is 0 Å². The van der Waals surface area contributed by atoms with Crippen molar-refractivity contribution in [1.82, 2.24) is 5.32 Å². The van der Waals surface area contributed by atoms with E-state index in [0.29, 0.717) is 0 Å². The first kappa shape index (κ1) is 11.7. The van der Waals surface area contributed by atoms with Gasteiger partial charge in [0.15, 0.2) is 0 Å². The second-order valence-corrected chi connectivity index (χ2v) is 3.30. The van der Waals surface area contributed by atoms with E-state index in [-0.39, 0.29) is 0 Å². The van der Waals surface area contributed by atoms with Crippen LogP contribution in [-0.4, -0.2) is 13.1 Å². The number of fused-ring (bicyclic) bond motifs is 1. The molecule has 0 heterocycles. The van der Waals surface area contributed by atoms with E-state index >= 15 is 0 Å². The zero-order valence-corrected chi connectivity index (χ0v) is 9.53. The summed E-state index contributed by atoms with van der Waals surface area (Å²) in [7, 11) is 0. The maximum absolute atomic E-state index is 3.11. The Morgan fingerprint density at radius 3 is 1.27 bits per heavy atom. The summed E-state index contributed by atoms with van der Waals surface area (Å²) in [5, 5.41) is 5.73. The second kappa shape index (κ2) is 7.02. The Kier molecular flexibility index (Phi) is 5.49. The molecule has 0 aliphatic rings. The highest BCUT2D eigenvalue weighted by Crippen LogP contribution is 2.11. The fourth-order valence-electron chi connectivity index (χ4n) is 1.38. The van der Waals surface area contributed by atoms with Gasteiger partial charge >= 0.3 is 0 Å². The summed E-state index contributed by atoms with van der Waals surface area (Å²) in [6.45, 7) is 6.39. The first-order chi connectivity index (χ1) is 7.38. The topological polar surface area (TPSA) is 12.0 Å². The third kappa shape index (κ3) is 4.13. The molecular weight excluding hydrogens is 182 g/mol. The molecule has 0 aliphatic heterocycles. The predicted octanol–water partition coefficient (Wildman–Crippen LogP) is 3.46. The predicted molar refractivity (Wildman–Crippen MR) is 68.2 cm³/mol.